The van der Waals surface area contributed by atoms with Crippen molar-refractivity contribution >= 4 is 0 Å². The van der Waals surface area contributed by atoms with E-state index in [1.54, 1.807) is 0 Å². The second kappa shape index (κ2) is 4.45. The van der Waals surface area contributed by atoms with Crippen LogP contribution in [-0.2, 0) is 0 Å². The van der Waals surface area contributed by atoms with Crippen molar-refractivity contribution < 1.29 is 5.11 Å². The first-order valence-corrected chi connectivity index (χ1v) is 5.94. The fourth-order valence-electron chi connectivity index (χ4n) is 2.63. The highest BCUT2D eigenvalue weighted by molar-refractivity contribution is 5.19. The molecule has 0 saturated carbocycles. The van der Waals surface area contributed by atoms with Gasteiger partial charge in [-0.3, -0.25) is 0 Å². The van der Waals surface area contributed by atoms with Crippen LogP contribution >= 0.6 is 0 Å². The fraction of sp³-hybridized carbons (Fsp3) is 0.833. The third-order valence-electron chi connectivity index (χ3n) is 3.55. The van der Waals surface area contributed by atoms with E-state index in [9.17, 15) is 5.11 Å². The maximum atomic E-state index is 10.6. The molecule has 1 fully saturated rings. The zero-order chi connectivity index (χ0) is 9.86. The van der Waals surface area contributed by atoms with Crippen molar-refractivity contribution in [3.63, 3.8) is 0 Å². The van der Waals surface area contributed by atoms with Crippen LogP contribution in [0, 0.1) is 0 Å². The van der Waals surface area contributed by atoms with Crippen molar-refractivity contribution in [1.29, 1.82) is 0 Å². The van der Waals surface area contributed by atoms with Gasteiger partial charge in [0.15, 0.2) is 0 Å². The summed E-state index contributed by atoms with van der Waals surface area (Å²) in [5.74, 6) is 0. The van der Waals surface area contributed by atoms with Crippen LogP contribution in [0.1, 0.15) is 44.9 Å². The van der Waals surface area contributed by atoms with E-state index < -0.39 is 5.60 Å². The van der Waals surface area contributed by atoms with Crippen molar-refractivity contribution in [2.24, 2.45) is 0 Å². The van der Waals surface area contributed by atoms with Crippen molar-refractivity contribution in [2.45, 2.75) is 50.5 Å². The van der Waals surface area contributed by atoms with Gasteiger partial charge in [0, 0.05) is 0 Å². The lowest BCUT2D eigenvalue weighted by Gasteiger charge is -2.31. The molecule has 2 nitrogen and oxygen atoms in total. The molecular formula is C12H21NO. The highest BCUT2D eigenvalue weighted by Crippen LogP contribution is 2.33. The van der Waals surface area contributed by atoms with Gasteiger partial charge in [-0.05, 0) is 63.6 Å². The Morgan fingerprint density at radius 2 is 2.07 bits per heavy atom. The number of nitrogens with one attached hydrogen (secondary N) is 1. The van der Waals surface area contributed by atoms with E-state index in [0.29, 0.717) is 0 Å². The van der Waals surface area contributed by atoms with Crippen LogP contribution in [0.5, 0.6) is 0 Å². The topological polar surface area (TPSA) is 32.3 Å². The standard InChI is InChI=1S/C12H21NO/c14-12(7-4-9-13-10-8-12)11-5-2-1-3-6-11/h5,13-14H,1-4,6-10H2. The summed E-state index contributed by atoms with van der Waals surface area (Å²) in [5, 5.41) is 13.9. The van der Waals surface area contributed by atoms with Gasteiger partial charge in [-0.15, -0.1) is 0 Å². The highest BCUT2D eigenvalue weighted by Gasteiger charge is 2.32. The fourth-order valence-corrected chi connectivity index (χ4v) is 2.63. The molecule has 1 heterocycles. The maximum Gasteiger partial charge on any atom is 0.0869 e. The normalized spacial score (nSPS) is 34.8. The van der Waals surface area contributed by atoms with Gasteiger partial charge in [-0.1, -0.05) is 6.08 Å². The molecule has 1 saturated heterocycles. The minimum atomic E-state index is -0.468. The lowest BCUT2D eigenvalue weighted by molar-refractivity contribution is 0.0604. The van der Waals surface area contributed by atoms with Crippen LogP contribution < -0.4 is 5.32 Å². The van der Waals surface area contributed by atoms with Gasteiger partial charge >= 0.3 is 0 Å². The Balaban J connectivity index is 2.07. The zero-order valence-electron chi connectivity index (χ0n) is 8.89. The quantitative estimate of drug-likeness (QED) is 0.627. The predicted molar refractivity (Wildman–Crippen MR) is 58.2 cm³/mol. The highest BCUT2D eigenvalue weighted by atomic mass is 16.3. The Morgan fingerprint density at radius 1 is 1.14 bits per heavy atom. The first-order valence-electron chi connectivity index (χ1n) is 5.94. The summed E-state index contributed by atoms with van der Waals surface area (Å²) < 4.78 is 0. The Kier molecular flexibility index (Phi) is 3.24. The van der Waals surface area contributed by atoms with Crippen LogP contribution in [0.25, 0.3) is 0 Å². The van der Waals surface area contributed by atoms with Crippen LogP contribution in [0.4, 0.5) is 0 Å². The average Bonchev–Trinajstić information content (AvgIpc) is 2.46. The van der Waals surface area contributed by atoms with Gasteiger partial charge < -0.3 is 10.4 Å². The number of allylic oxidation sites excluding steroid dienone is 1. The minimum Gasteiger partial charge on any atom is -0.385 e. The molecule has 80 valence electrons. The van der Waals surface area contributed by atoms with Gasteiger partial charge in [-0.25, -0.2) is 0 Å². The number of aliphatic hydroxyl groups is 1. The average molecular weight is 195 g/mol. The number of hydrogen-bond acceptors (Lipinski definition) is 2. The van der Waals surface area contributed by atoms with Crippen molar-refractivity contribution in [2.75, 3.05) is 13.1 Å². The molecule has 1 aliphatic heterocycles. The molecule has 0 amide bonds. The predicted octanol–water partition coefficient (Wildman–Crippen LogP) is 1.99. The van der Waals surface area contributed by atoms with E-state index in [-0.39, 0.29) is 0 Å². The molecule has 0 aromatic heterocycles. The van der Waals surface area contributed by atoms with Crippen LogP contribution in [0.2, 0.25) is 0 Å². The van der Waals surface area contributed by atoms with Crippen molar-refractivity contribution in [3.8, 4) is 0 Å². The summed E-state index contributed by atoms with van der Waals surface area (Å²) in [6.07, 6.45) is 10.1. The van der Waals surface area contributed by atoms with E-state index in [2.05, 4.69) is 11.4 Å². The maximum absolute atomic E-state index is 10.6. The molecule has 0 bridgehead atoms. The van der Waals surface area contributed by atoms with Gasteiger partial charge in [0.05, 0.1) is 5.60 Å². The second-order valence-electron chi connectivity index (χ2n) is 4.61. The molecule has 2 aliphatic rings. The molecule has 2 heteroatoms. The molecule has 0 aromatic rings. The Hall–Kier alpha value is -0.340. The van der Waals surface area contributed by atoms with E-state index in [1.807, 2.05) is 0 Å². The molecular weight excluding hydrogens is 174 g/mol. The van der Waals surface area contributed by atoms with Crippen molar-refractivity contribution in [3.05, 3.63) is 11.6 Å². The molecule has 0 aromatic carbocycles. The van der Waals surface area contributed by atoms with Crippen molar-refractivity contribution in [1.82, 2.24) is 5.32 Å². The van der Waals surface area contributed by atoms with Gasteiger partial charge in [0.1, 0.15) is 0 Å². The van der Waals surface area contributed by atoms with E-state index in [0.717, 1.165) is 38.8 Å². The first kappa shape index (κ1) is 10.2. The molecule has 0 radical (unpaired) electrons. The summed E-state index contributed by atoms with van der Waals surface area (Å²) in [5.41, 5.74) is 0.858. The lowest BCUT2D eigenvalue weighted by atomic mass is 9.81. The summed E-state index contributed by atoms with van der Waals surface area (Å²) in [6, 6.07) is 0. The second-order valence-corrected chi connectivity index (χ2v) is 4.61. The number of rotatable bonds is 1. The smallest absolute Gasteiger partial charge is 0.0869 e. The van der Waals surface area contributed by atoms with Crippen LogP contribution in [-0.4, -0.2) is 23.8 Å². The Morgan fingerprint density at radius 3 is 2.86 bits per heavy atom. The zero-order valence-corrected chi connectivity index (χ0v) is 8.89. The van der Waals surface area contributed by atoms with Crippen LogP contribution in [0.15, 0.2) is 11.6 Å². The van der Waals surface area contributed by atoms with Gasteiger partial charge in [-0.2, -0.15) is 0 Å². The monoisotopic (exact) mass is 195 g/mol. The summed E-state index contributed by atoms with van der Waals surface area (Å²) in [7, 11) is 0. The molecule has 2 N–H and O–H groups in total. The SMILES string of the molecule is OC1(C2=CCCCC2)CCCNCC1. The van der Waals surface area contributed by atoms with E-state index in [1.165, 1.54) is 24.8 Å². The number of hydrogen-bond donors (Lipinski definition) is 2. The molecule has 1 aliphatic carbocycles. The molecule has 1 atom stereocenters. The summed E-state index contributed by atoms with van der Waals surface area (Å²) in [6.45, 7) is 2.03. The molecule has 1 unspecified atom stereocenters. The molecule has 0 spiro atoms. The third-order valence-corrected chi connectivity index (χ3v) is 3.55. The van der Waals surface area contributed by atoms with Crippen LogP contribution in [0.3, 0.4) is 0 Å². The lowest BCUT2D eigenvalue weighted by Crippen LogP contribution is -2.33. The summed E-state index contributed by atoms with van der Waals surface area (Å²) >= 11 is 0. The summed E-state index contributed by atoms with van der Waals surface area (Å²) in [4.78, 5) is 0. The largest absolute Gasteiger partial charge is 0.385 e. The first-order chi connectivity index (χ1) is 6.81. The molecule has 2 rings (SSSR count). The van der Waals surface area contributed by atoms with E-state index in [4.69, 9.17) is 0 Å². The minimum absolute atomic E-state index is 0.468. The van der Waals surface area contributed by atoms with E-state index >= 15 is 0 Å². The van der Waals surface area contributed by atoms with Gasteiger partial charge in [0.2, 0.25) is 0 Å². The Labute approximate surface area is 86.4 Å². The molecule has 14 heavy (non-hydrogen) atoms. The Bertz CT molecular complexity index is 214. The third kappa shape index (κ3) is 2.18. The van der Waals surface area contributed by atoms with Gasteiger partial charge in [0.25, 0.3) is 0 Å².